The number of carbonyl (C=O) groups is 2. The van der Waals surface area contributed by atoms with Crippen molar-refractivity contribution in [2.45, 2.75) is 13.0 Å². The van der Waals surface area contributed by atoms with Gasteiger partial charge in [0.15, 0.2) is 11.5 Å². The molecular weight excluding hydrogens is 346 g/mol. The minimum Gasteiger partial charge on any atom is -0.454 e. The molecule has 0 unspecified atom stereocenters. The number of amides is 2. The number of rotatable bonds is 5. The molecule has 0 saturated carbocycles. The molecule has 2 heterocycles. The van der Waals surface area contributed by atoms with Gasteiger partial charge in [0.05, 0.1) is 11.2 Å². The Bertz CT molecular complexity index is 1010. The van der Waals surface area contributed by atoms with E-state index >= 15 is 0 Å². The second-order valence-electron chi connectivity index (χ2n) is 6.07. The molecular formula is C20H17N3O4. The third kappa shape index (κ3) is 3.82. The Hall–Kier alpha value is -3.61. The maximum absolute atomic E-state index is 12.2. The van der Waals surface area contributed by atoms with Crippen LogP contribution >= 0.6 is 0 Å². The van der Waals surface area contributed by atoms with Crippen LogP contribution in [0, 0.1) is 0 Å². The van der Waals surface area contributed by atoms with Gasteiger partial charge in [-0.25, -0.2) is 0 Å². The van der Waals surface area contributed by atoms with E-state index in [0.717, 1.165) is 10.9 Å². The number of nitrogens with zero attached hydrogens (tertiary/aromatic N) is 1. The number of carbonyl (C=O) groups excluding carboxylic acids is 2. The van der Waals surface area contributed by atoms with Crippen LogP contribution in [0.4, 0.5) is 5.69 Å². The van der Waals surface area contributed by atoms with Gasteiger partial charge in [-0.3, -0.25) is 14.6 Å². The Morgan fingerprint density at radius 3 is 2.78 bits per heavy atom. The van der Waals surface area contributed by atoms with Gasteiger partial charge in [0.1, 0.15) is 6.42 Å². The van der Waals surface area contributed by atoms with E-state index in [4.69, 9.17) is 9.47 Å². The molecule has 0 bridgehead atoms. The van der Waals surface area contributed by atoms with Gasteiger partial charge < -0.3 is 20.1 Å². The average Bonchev–Trinajstić information content (AvgIpc) is 3.14. The van der Waals surface area contributed by atoms with Crippen LogP contribution in [0.15, 0.2) is 54.7 Å². The minimum atomic E-state index is -0.392. The lowest BCUT2D eigenvalue weighted by atomic mass is 10.2. The topological polar surface area (TPSA) is 89.6 Å². The van der Waals surface area contributed by atoms with Crippen molar-refractivity contribution >= 4 is 28.4 Å². The summed E-state index contributed by atoms with van der Waals surface area (Å²) in [6.45, 7) is 0.507. The monoisotopic (exact) mass is 363 g/mol. The molecule has 1 aliphatic rings. The highest BCUT2D eigenvalue weighted by atomic mass is 16.7. The van der Waals surface area contributed by atoms with E-state index in [1.807, 2.05) is 36.4 Å². The van der Waals surface area contributed by atoms with E-state index < -0.39 is 5.91 Å². The fourth-order valence-corrected chi connectivity index (χ4v) is 2.86. The number of anilines is 1. The van der Waals surface area contributed by atoms with Gasteiger partial charge in [0, 0.05) is 18.1 Å². The lowest BCUT2D eigenvalue weighted by Gasteiger charge is -2.09. The Kier molecular flexibility index (Phi) is 4.57. The first-order valence-electron chi connectivity index (χ1n) is 8.48. The minimum absolute atomic E-state index is 0.203. The molecule has 2 aromatic carbocycles. The van der Waals surface area contributed by atoms with E-state index in [1.54, 1.807) is 18.3 Å². The lowest BCUT2D eigenvalue weighted by Crippen LogP contribution is -2.27. The normalized spacial score (nSPS) is 12.0. The summed E-state index contributed by atoms with van der Waals surface area (Å²) in [6.07, 6.45) is 1.39. The molecule has 0 aliphatic carbocycles. The van der Waals surface area contributed by atoms with Crippen molar-refractivity contribution in [2.75, 3.05) is 12.1 Å². The molecule has 136 valence electrons. The SMILES string of the molecule is O=C(CC(=O)Nc1cccc2cccnc12)NCc1ccc2c(c1)OCO2. The maximum atomic E-state index is 12.2. The Morgan fingerprint density at radius 2 is 1.85 bits per heavy atom. The second-order valence-corrected chi connectivity index (χ2v) is 6.07. The van der Waals surface area contributed by atoms with Crippen LogP contribution in [0.2, 0.25) is 0 Å². The summed E-state index contributed by atoms with van der Waals surface area (Å²) in [7, 11) is 0. The first kappa shape index (κ1) is 16.8. The van der Waals surface area contributed by atoms with Crippen LogP contribution in [0.3, 0.4) is 0 Å². The van der Waals surface area contributed by atoms with E-state index in [2.05, 4.69) is 15.6 Å². The van der Waals surface area contributed by atoms with E-state index in [0.29, 0.717) is 29.2 Å². The average molecular weight is 363 g/mol. The van der Waals surface area contributed by atoms with Gasteiger partial charge in [0.25, 0.3) is 0 Å². The molecule has 0 spiro atoms. The molecule has 0 saturated heterocycles. The second kappa shape index (κ2) is 7.33. The van der Waals surface area contributed by atoms with Crippen molar-refractivity contribution < 1.29 is 19.1 Å². The molecule has 2 amide bonds. The van der Waals surface area contributed by atoms with E-state index in [1.165, 1.54) is 0 Å². The zero-order chi connectivity index (χ0) is 18.6. The number of ether oxygens (including phenoxy) is 2. The molecule has 4 rings (SSSR count). The molecule has 1 aromatic heterocycles. The maximum Gasteiger partial charge on any atom is 0.233 e. The quantitative estimate of drug-likeness (QED) is 0.680. The zero-order valence-electron chi connectivity index (χ0n) is 14.4. The lowest BCUT2D eigenvalue weighted by molar-refractivity contribution is -0.126. The molecule has 1 aliphatic heterocycles. The number of hydrogen-bond acceptors (Lipinski definition) is 5. The van der Waals surface area contributed by atoms with Crippen LogP contribution in [0.5, 0.6) is 11.5 Å². The van der Waals surface area contributed by atoms with Crippen LogP contribution in [-0.4, -0.2) is 23.6 Å². The van der Waals surface area contributed by atoms with Crippen LogP contribution in [0.1, 0.15) is 12.0 Å². The first-order valence-corrected chi connectivity index (χ1v) is 8.48. The fourth-order valence-electron chi connectivity index (χ4n) is 2.86. The van der Waals surface area contributed by atoms with Crippen molar-refractivity contribution in [3.8, 4) is 11.5 Å². The smallest absolute Gasteiger partial charge is 0.233 e. The van der Waals surface area contributed by atoms with Gasteiger partial charge in [0.2, 0.25) is 18.6 Å². The standard InChI is InChI=1S/C20H17N3O4/c24-18(22-11-13-6-7-16-17(9-13)27-12-26-16)10-19(25)23-15-5-1-3-14-4-2-8-21-20(14)15/h1-9H,10-12H2,(H,22,24)(H,23,25). The van der Waals surface area contributed by atoms with Gasteiger partial charge in [-0.1, -0.05) is 24.3 Å². The van der Waals surface area contributed by atoms with Crippen molar-refractivity contribution in [3.63, 3.8) is 0 Å². The predicted molar refractivity (Wildman–Crippen MR) is 99.4 cm³/mol. The number of nitrogens with one attached hydrogen (secondary N) is 2. The molecule has 0 atom stereocenters. The molecule has 2 N–H and O–H groups in total. The third-order valence-corrected chi connectivity index (χ3v) is 4.15. The molecule has 27 heavy (non-hydrogen) atoms. The molecule has 3 aromatic rings. The highest BCUT2D eigenvalue weighted by Crippen LogP contribution is 2.32. The number of hydrogen-bond donors (Lipinski definition) is 2. The van der Waals surface area contributed by atoms with Crippen molar-refractivity contribution in [3.05, 3.63) is 60.3 Å². The van der Waals surface area contributed by atoms with Gasteiger partial charge >= 0.3 is 0 Å². The Labute approximate surface area is 155 Å². The first-order chi connectivity index (χ1) is 13.2. The molecule has 7 heteroatoms. The molecule has 0 radical (unpaired) electrons. The highest BCUT2D eigenvalue weighted by molar-refractivity contribution is 6.07. The summed E-state index contributed by atoms with van der Waals surface area (Å²) in [5.74, 6) is 0.589. The summed E-state index contributed by atoms with van der Waals surface area (Å²) in [5, 5.41) is 6.40. The number of aromatic nitrogens is 1. The number of pyridine rings is 1. The highest BCUT2D eigenvalue weighted by Gasteiger charge is 2.14. The van der Waals surface area contributed by atoms with Crippen LogP contribution in [0.25, 0.3) is 10.9 Å². The van der Waals surface area contributed by atoms with E-state index in [9.17, 15) is 9.59 Å². The van der Waals surface area contributed by atoms with Crippen LogP contribution in [-0.2, 0) is 16.1 Å². The largest absolute Gasteiger partial charge is 0.454 e. The number of benzene rings is 2. The zero-order valence-corrected chi connectivity index (χ0v) is 14.4. The molecule has 0 fully saturated rings. The Balaban J connectivity index is 1.33. The van der Waals surface area contributed by atoms with Gasteiger partial charge in [-0.2, -0.15) is 0 Å². The van der Waals surface area contributed by atoms with Crippen LogP contribution < -0.4 is 20.1 Å². The number of fused-ring (bicyclic) bond motifs is 2. The number of para-hydroxylation sites is 1. The Morgan fingerprint density at radius 1 is 1.00 bits per heavy atom. The van der Waals surface area contributed by atoms with Crippen molar-refractivity contribution in [2.24, 2.45) is 0 Å². The molecule has 7 nitrogen and oxygen atoms in total. The van der Waals surface area contributed by atoms with Gasteiger partial charge in [-0.05, 0) is 29.8 Å². The summed E-state index contributed by atoms with van der Waals surface area (Å²) in [6, 6.07) is 14.7. The van der Waals surface area contributed by atoms with Gasteiger partial charge in [-0.15, -0.1) is 0 Å². The summed E-state index contributed by atoms with van der Waals surface area (Å²) in [4.78, 5) is 28.5. The summed E-state index contributed by atoms with van der Waals surface area (Å²) >= 11 is 0. The summed E-state index contributed by atoms with van der Waals surface area (Å²) < 4.78 is 10.6. The predicted octanol–water partition coefficient (Wildman–Crippen LogP) is 2.61. The summed E-state index contributed by atoms with van der Waals surface area (Å²) in [5.41, 5.74) is 2.14. The van der Waals surface area contributed by atoms with E-state index in [-0.39, 0.29) is 19.1 Å². The fraction of sp³-hybridized carbons (Fsp3) is 0.150. The third-order valence-electron chi connectivity index (χ3n) is 4.15. The van der Waals surface area contributed by atoms with Crippen molar-refractivity contribution in [1.82, 2.24) is 10.3 Å². The van der Waals surface area contributed by atoms with Crippen molar-refractivity contribution in [1.29, 1.82) is 0 Å².